The molecule has 2 heterocycles. The third-order valence-electron chi connectivity index (χ3n) is 5.71. The van der Waals surface area contributed by atoms with Gasteiger partial charge in [-0.05, 0) is 62.9 Å². The highest BCUT2D eigenvalue weighted by Crippen LogP contribution is 2.20. The van der Waals surface area contributed by atoms with Crippen molar-refractivity contribution in [1.82, 2.24) is 15.1 Å². The van der Waals surface area contributed by atoms with Gasteiger partial charge in [-0.15, -0.1) is 24.0 Å². The summed E-state index contributed by atoms with van der Waals surface area (Å²) in [5.74, 6) is 1.48. The van der Waals surface area contributed by atoms with Crippen molar-refractivity contribution >= 4 is 29.9 Å². The molecule has 1 unspecified atom stereocenters. The van der Waals surface area contributed by atoms with Gasteiger partial charge in [0.05, 0.1) is 13.2 Å². The predicted molar refractivity (Wildman–Crippen MR) is 127 cm³/mol. The average Bonchev–Trinajstić information content (AvgIpc) is 3.16. The largest absolute Gasteiger partial charge is 0.380 e. The van der Waals surface area contributed by atoms with E-state index in [2.05, 4.69) is 22.0 Å². The molecule has 2 aliphatic rings. The Hall–Kier alpha value is -0.930. The van der Waals surface area contributed by atoms with E-state index in [1.54, 1.807) is 7.11 Å². The maximum Gasteiger partial charge on any atom is 0.194 e. The molecule has 1 N–H and O–H groups in total. The molecule has 5 nitrogen and oxygen atoms in total. The molecule has 3 rings (SSSR count). The first-order chi connectivity index (χ1) is 13.7. The lowest BCUT2D eigenvalue weighted by atomic mass is 10.1. The SMILES string of the molecule is CCNC(=NCc1ccc(F)c(COC)c1)N1CCC(CN2CCCCC2)C1.I. The molecule has 1 aromatic carbocycles. The number of guanidine groups is 1. The summed E-state index contributed by atoms with van der Waals surface area (Å²) in [5.41, 5.74) is 1.59. The summed E-state index contributed by atoms with van der Waals surface area (Å²) in [4.78, 5) is 9.86. The van der Waals surface area contributed by atoms with E-state index in [1.807, 2.05) is 12.1 Å². The maximum absolute atomic E-state index is 13.8. The molecule has 0 radical (unpaired) electrons. The van der Waals surface area contributed by atoms with Crippen molar-refractivity contribution < 1.29 is 9.13 Å². The number of hydrogen-bond acceptors (Lipinski definition) is 3. The number of piperidine rings is 1. The summed E-state index contributed by atoms with van der Waals surface area (Å²) >= 11 is 0. The van der Waals surface area contributed by atoms with Gasteiger partial charge in [-0.1, -0.05) is 12.5 Å². The van der Waals surface area contributed by atoms with Crippen LogP contribution in [0.1, 0.15) is 43.7 Å². The molecule has 0 amide bonds. The second-order valence-corrected chi connectivity index (χ2v) is 7.99. The smallest absolute Gasteiger partial charge is 0.194 e. The van der Waals surface area contributed by atoms with Gasteiger partial charge in [0.1, 0.15) is 5.82 Å². The van der Waals surface area contributed by atoms with Crippen molar-refractivity contribution in [1.29, 1.82) is 0 Å². The van der Waals surface area contributed by atoms with Crippen LogP contribution in [0, 0.1) is 11.7 Å². The summed E-state index contributed by atoms with van der Waals surface area (Å²) in [6.07, 6.45) is 5.32. The third kappa shape index (κ3) is 7.36. The van der Waals surface area contributed by atoms with E-state index in [-0.39, 0.29) is 36.4 Å². The molecule has 0 bridgehead atoms. The molecular formula is C22H36FIN4O. The monoisotopic (exact) mass is 518 g/mol. The Bertz CT molecular complexity index is 652. The molecule has 0 aromatic heterocycles. The van der Waals surface area contributed by atoms with Crippen LogP contribution in [0.3, 0.4) is 0 Å². The van der Waals surface area contributed by atoms with Crippen LogP contribution in [-0.2, 0) is 17.9 Å². The van der Waals surface area contributed by atoms with Crippen molar-refractivity contribution in [2.75, 3.05) is 46.4 Å². The van der Waals surface area contributed by atoms with Crippen LogP contribution in [0.2, 0.25) is 0 Å². The molecule has 2 saturated heterocycles. The van der Waals surface area contributed by atoms with Crippen molar-refractivity contribution in [3.63, 3.8) is 0 Å². The lowest BCUT2D eigenvalue weighted by molar-refractivity contribution is 0.181. The molecular weight excluding hydrogens is 482 g/mol. The Morgan fingerprint density at radius 3 is 2.76 bits per heavy atom. The van der Waals surface area contributed by atoms with Crippen LogP contribution in [-0.4, -0.2) is 62.1 Å². The van der Waals surface area contributed by atoms with Crippen LogP contribution in [0.15, 0.2) is 23.2 Å². The van der Waals surface area contributed by atoms with Gasteiger partial charge < -0.3 is 19.9 Å². The van der Waals surface area contributed by atoms with Crippen molar-refractivity contribution in [3.05, 3.63) is 35.1 Å². The normalized spacial score (nSPS) is 20.6. The van der Waals surface area contributed by atoms with Gasteiger partial charge in [0, 0.05) is 38.9 Å². The third-order valence-corrected chi connectivity index (χ3v) is 5.71. The van der Waals surface area contributed by atoms with Gasteiger partial charge in [-0.25, -0.2) is 9.38 Å². The summed E-state index contributed by atoms with van der Waals surface area (Å²) < 4.78 is 18.9. The number of halogens is 2. The molecule has 1 aromatic rings. The van der Waals surface area contributed by atoms with Gasteiger partial charge >= 0.3 is 0 Å². The van der Waals surface area contributed by atoms with E-state index >= 15 is 0 Å². The van der Waals surface area contributed by atoms with Crippen LogP contribution in [0.25, 0.3) is 0 Å². The van der Waals surface area contributed by atoms with E-state index in [0.29, 0.717) is 12.1 Å². The van der Waals surface area contributed by atoms with Crippen molar-refractivity contribution in [2.45, 2.75) is 45.8 Å². The Labute approximate surface area is 192 Å². The first kappa shape index (κ1) is 24.3. The molecule has 0 aliphatic carbocycles. The summed E-state index contributed by atoms with van der Waals surface area (Å²) in [7, 11) is 1.58. The minimum Gasteiger partial charge on any atom is -0.380 e. The van der Waals surface area contributed by atoms with E-state index in [1.165, 1.54) is 51.4 Å². The topological polar surface area (TPSA) is 40.1 Å². The summed E-state index contributed by atoms with van der Waals surface area (Å²) in [6, 6.07) is 5.18. The number of rotatable bonds is 7. The second kappa shape index (κ2) is 12.7. The first-order valence-corrected chi connectivity index (χ1v) is 10.7. The Morgan fingerprint density at radius 2 is 2.03 bits per heavy atom. The van der Waals surface area contributed by atoms with Gasteiger partial charge in [-0.3, -0.25) is 0 Å². The number of nitrogens with zero attached hydrogens (tertiary/aromatic N) is 3. The van der Waals surface area contributed by atoms with E-state index in [9.17, 15) is 4.39 Å². The van der Waals surface area contributed by atoms with Crippen LogP contribution in [0.4, 0.5) is 4.39 Å². The molecule has 2 aliphatic heterocycles. The predicted octanol–water partition coefficient (Wildman–Crippen LogP) is 3.86. The zero-order chi connectivity index (χ0) is 19.8. The Balaban J connectivity index is 0.00000300. The van der Waals surface area contributed by atoms with E-state index in [0.717, 1.165) is 37.1 Å². The van der Waals surface area contributed by atoms with Crippen molar-refractivity contribution in [3.8, 4) is 0 Å². The Morgan fingerprint density at radius 1 is 1.24 bits per heavy atom. The number of ether oxygens (including phenoxy) is 1. The lowest BCUT2D eigenvalue weighted by Gasteiger charge is -2.29. The summed E-state index contributed by atoms with van der Waals surface area (Å²) in [5, 5.41) is 3.43. The fraction of sp³-hybridized carbons (Fsp3) is 0.682. The zero-order valence-electron chi connectivity index (χ0n) is 17.8. The quantitative estimate of drug-likeness (QED) is 0.338. The highest BCUT2D eigenvalue weighted by molar-refractivity contribution is 14.0. The number of likely N-dealkylation sites (tertiary alicyclic amines) is 2. The maximum atomic E-state index is 13.8. The number of benzene rings is 1. The standard InChI is InChI=1S/C22H35FN4O.HI/c1-3-24-22(25-14-18-7-8-21(23)20(13-18)17-28-2)27-12-9-19(16-27)15-26-10-5-4-6-11-26;/h7-8,13,19H,3-6,9-12,14-17H2,1-2H3,(H,24,25);1H. The van der Waals surface area contributed by atoms with E-state index < -0.39 is 0 Å². The molecule has 7 heteroatoms. The fourth-order valence-corrected chi connectivity index (χ4v) is 4.27. The number of hydrogen-bond donors (Lipinski definition) is 1. The average molecular weight is 518 g/mol. The highest BCUT2D eigenvalue weighted by Gasteiger charge is 2.26. The minimum absolute atomic E-state index is 0. The molecule has 0 saturated carbocycles. The Kier molecular flexibility index (Phi) is 10.7. The lowest BCUT2D eigenvalue weighted by Crippen LogP contribution is -2.41. The molecule has 1 atom stereocenters. The van der Waals surface area contributed by atoms with Gasteiger partial charge in [-0.2, -0.15) is 0 Å². The number of aliphatic imine (C=N–C) groups is 1. The molecule has 164 valence electrons. The molecule has 29 heavy (non-hydrogen) atoms. The number of nitrogens with one attached hydrogen (secondary N) is 1. The van der Waals surface area contributed by atoms with Crippen LogP contribution >= 0.6 is 24.0 Å². The van der Waals surface area contributed by atoms with Crippen LogP contribution in [0.5, 0.6) is 0 Å². The highest BCUT2D eigenvalue weighted by atomic mass is 127. The zero-order valence-corrected chi connectivity index (χ0v) is 20.2. The molecule has 0 spiro atoms. The van der Waals surface area contributed by atoms with Crippen LogP contribution < -0.4 is 5.32 Å². The molecule has 2 fully saturated rings. The minimum atomic E-state index is -0.221. The number of methoxy groups -OCH3 is 1. The van der Waals surface area contributed by atoms with Gasteiger partial charge in [0.2, 0.25) is 0 Å². The van der Waals surface area contributed by atoms with Crippen molar-refractivity contribution in [2.24, 2.45) is 10.9 Å². The van der Waals surface area contributed by atoms with Gasteiger partial charge in [0.25, 0.3) is 0 Å². The fourth-order valence-electron chi connectivity index (χ4n) is 4.27. The van der Waals surface area contributed by atoms with E-state index in [4.69, 9.17) is 9.73 Å². The first-order valence-electron chi connectivity index (χ1n) is 10.7. The summed E-state index contributed by atoms with van der Waals surface area (Å²) in [6.45, 7) is 9.66. The second-order valence-electron chi connectivity index (χ2n) is 7.99. The van der Waals surface area contributed by atoms with Gasteiger partial charge in [0.15, 0.2) is 5.96 Å².